The van der Waals surface area contributed by atoms with Crippen LogP contribution in [0.4, 0.5) is 0 Å². The van der Waals surface area contributed by atoms with Crippen LogP contribution < -0.4 is 0 Å². The number of hydrogen-bond donors (Lipinski definition) is 1. The van der Waals surface area contributed by atoms with E-state index in [1.165, 1.54) is 89.9 Å². The molecule has 0 aromatic heterocycles. The van der Waals surface area contributed by atoms with Crippen molar-refractivity contribution in [2.45, 2.75) is 238 Å². The van der Waals surface area contributed by atoms with Crippen LogP contribution in [0.1, 0.15) is 232 Å². The summed E-state index contributed by atoms with van der Waals surface area (Å²) in [6, 6.07) is 0. The highest BCUT2D eigenvalue weighted by Gasteiger charge is 2.27. The van der Waals surface area contributed by atoms with Crippen LogP contribution in [0.5, 0.6) is 0 Å². The maximum absolute atomic E-state index is 12.8. The normalized spacial score (nSPS) is 14.1. The van der Waals surface area contributed by atoms with E-state index >= 15 is 0 Å². The summed E-state index contributed by atoms with van der Waals surface area (Å²) < 4.78 is 34.6. The minimum absolute atomic E-state index is 0.0254. The second-order valence-corrected chi connectivity index (χ2v) is 22.1. The predicted molar refractivity (Wildman–Crippen MR) is 316 cm³/mol. The Morgan fingerprint density at radius 3 is 1.08 bits per heavy atom. The van der Waals surface area contributed by atoms with Gasteiger partial charge >= 0.3 is 19.8 Å². The van der Waals surface area contributed by atoms with Gasteiger partial charge in [0.25, 0.3) is 0 Å². The van der Waals surface area contributed by atoms with E-state index < -0.39 is 26.5 Å². The molecule has 0 aromatic carbocycles. The Morgan fingerprint density at radius 1 is 0.419 bits per heavy atom. The van der Waals surface area contributed by atoms with Crippen molar-refractivity contribution >= 4 is 19.8 Å². The molecule has 0 aliphatic rings. The number of unbranched alkanes of at least 4 members (excludes halogenated alkanes) is 21. The number of carbonyl (C=O) groups is 2. The lowest BCUT2D eigenvalue weighted by atomic mass is 10.0. The Morgan fingerprint density at radius 2 is 0.730 bits per heavy atom. The van der Waals surface area contributed by atoms with Crippen LogP contribution in [0.25, 0.3) is 0 Å². The number of nitrogens with zero attached hydrogens (tertiary/aromatic N) is 1. The van der Waals surface area contributed by atoms with Gasteiger partial charge in [0.1, 0.15) is 19.8 Å². The van der Waals surface area contributed by atoms with Gasteiger partial charge in [0.05, 0.1) is 27.7 Å². The largest absolute Gasteiger partial charge is 0.472 e. The summed E-state index contributed by atoms with van der Waals surface area (Å²) in [4.78, 5) is 35.7. The number of ether oxygens (including phenoxy) is 2. The molecule has 424 valence electrons. The van der Waals surface area contributed by atoms with Crippen molar-refractivity contribution in [3.63, 3.8) is 0 Å². The molecule has 0 aliphatic heterocycles. The van der Waals surface area contributed by atoms with Crippen LogP contribution >= 0.6 is 7.82 Å². The third-order valence-electron chi connectivity index (χ3n) is 12.3. The fourth-order valence-corrected chi connectivity index (χ4v) is 8.54. The van der Waals surface area contributed by atoms with Crippen molar-refractivity contribution in [3.05, 3.63) is 109 Å². The molecular weight excluding hydrogens is 942 g/mol. The number of carbonyl (C=O) groups excluding carboxylic acids is 2. The number of phosphoric ester groups is 1. The van der Waals surface area contributed by atoms with Gasteiger partial charge in [-0.05, 0) is 96.3 Å². The van der Waals surface area contributed by atoms with E-state index in [4.69, 9.17) is 18.5 Å². The summed E-state index contributed by atoms with van der Waals surface area (Å²) in [5.41, 5.74) is 0. The first-order valence-electron chi connectivity index (χ1n) is 29.6. The van der Waals surface area contributed by atoms with Gasteiger partial charge in [-0.2, -0.15) is 0 Å². The van der Waals surface area contributed by atoms with E-state index in [1.807, 2.05) is 21.1 Å². The van der Waals surface area contributed by atoms with Gasteiger partial charge < -0.3 is 18.9 Å². The Bertz CT molecular complexity index is 1620. The van der Waals surface area contributed by atoms with Crippen LogP contribution in [0.3, 0.4) is 0 Å². The average molecular weight is 1050 g/mol. The zero-order valence-electron chi connectivity index (χ0n) is 48.0. The number of hydrogen-bond acceptors (Lipinski definition) is 7. The van der Waals surface area contributed by atoms with Gasteiger partial charge in [-0.25, -0.2) is 4.57 Å². The molecule has 0 aromatic rings. The smallest absolute Gasteiger partial charge is 0.462 e. The van der Waals surface area contributed by atoms with E-state index in [1.54, 1.807) is 0 Å². The lowest BCUT2D eigenvalue weighted by Crippen LogP contribution is -2.37. The lowest BCUT2D eigenvalue weighted by Gasteiger charge is -2.24. The predicted octanol–water partition coefficient (Wildman–Crippen LogP) is 18.6. The standard InChI is InChI=1S/C64H110NO8P/c1-6-8-10-12-14-16-18-20-22-24-25-26-27-28-29-30-31-32-33-34-35-36-37-38-39-41-43-45-47-49-51-53-55-57-64(67)73-62(61-72-74(68,69)71-59-58-65(3,4)5)60-70-63(66)56-54-52-50-48-46-44-42-40-23-21-19-17-15-13-11-9-7-2/h8-11,14-17,20-23,25-26,28-29,31-32,62H,6-7,12-13,18-19,24,27,30,33-61H2,1-5H3/p+1/b10-8-,11-9-,16-14-,17-15-,22-20-,23-21-,26-25-,29-28-,32-31-. The summed E-state index contributed by atoms with van der Waals surface area (Å²) in [5, 5.41) is 0. The van der Waals surface area contributed by atoms with Crippen molar-refractivity contribution < 1.29 is 42.1 Å². The molecule has 1 N–H and O–H groups in total. The molecule has 2 unspecified atom stereocenters. The summed E-state index contributed by atoms with van der Waals surface area (Å²) >= 11 is 0. The Labute approximate surface area is 455 Å². The first kappa shape index (κ1) is 70.7. The first-order chi connectivity index (χ1) is 36.0. The van der Waals surface area contributed by atoms with Crippen molar-refractivity contribution in [1.82, 2.24) is 0 Å². The molecule has 0 saturated heterocycles. The highest BCUT2D eigenvalue weighted by molar-refractivity contribution is 7.47. The quantitative estimate of drug-likeness (QED) is 0.0211. The maximum Gasteiger partial charge on any atom is 0.472 e. The molecule has 9 nitrogen and oxygen atoms in total. The van der Waals surface area contributed by atoms with Crippen LogP contribution in [-0.4, -0.2) is 74.9 Å². The van der Waals surface area contributed by atoms with Gasteiger partial charge in [-0.1, -0.05) is 232 Å². The second-order valence-electron chi connectivity index (χ2n) is 20.6. The Hall–Kier alpha value is -3.33. The van der Waals surface area contributed by atoms with Crippen molar-refractivity contribution in [1.29, 1.82) is 0 Å². The zero-order valence-corrected chi connectivity index (χ0v) is 48.9. The highest BCUT2D eigenvalue weighted by atomic mass is 31.2. The number of allylic oxidation sites excluding steroid dienone is 18. The molecule has 0 heterocycles. The summed E-state index contributed by atoms with van der Waals surface area (Å²) in [6.07, 6.45) is 75.9. The SMILES string of the molecule is CC/C=C\C/C=C\C/C=C\C/C=C\C/C=C\C/C=C\CCCCCCCCCCCCCCCCC(=O)OC(COC(=O)CCCCCCCCC/C=C\C/C=C\C/C=C\CC)COP(=O)(O)OCC[N+](C)(C)C. The van der Waals surface area contributed by atoms with Gasteiger partial charge in [-0.3, -0.25) is 18.6 Å². The van der Waals surface area contributed by atoms with Gasteiger partial charge in [0.2, 0.25) is 0 Å². The Balaban J connectivity index is 4.11. The van der Waals surface area contributed by atoms with E-state index in [-0.39, 0.29) is 32.0 Å². The first-order valence-corrected chi connectivity index (χ1v) is 31.1. The monoisotopic (exact) mass is 1050 g/mol. The topological polar surface area (TPSA) is 108 Å². The molecular formula is C64H111NO8P+. The second kappa shape index (κ2) is 54.5. The third-order valence-corrected chi connectivity index (χ3v) is 13.3. The van der Waals surface area contributed by atoms with Crippen molar-refractivity contribution in [3.8, 4) is 0 Å². The number of phosphoric acid groups is 1. The van der Waals surface area contributed by atoms with E-state index in [2.05, 4.69) is 123 Å². The molecule has 0 spiro atoms. The van der Waals surface area contributed by atoms with Crippen LogP contribution in [-0.2, 0) is 32.7 Å². The van der Waals surface area contributed by atoms with Crippen LogP contribution in [0.15, 0.2) is 109 Å². The number of rotatable bonds is 53. The fraction of sp³-hybridized carbons (Fsp3) is 0.688. The minimum atomic E-state index is -4.39. The van der Waals surface area contributed by atoms with Crippen LogP contribution in [0, 0.1) is 0 Å². The summed E-state index contributed by atoms with van der Waals surface area (Å²) in [7, 11) is 1.46. The third kappa shape index (κ3) is 57.9. The molecule has 2 atom stereocenters. The van der Waals surface area contributed by atoms with Crippen molar-refractivity contribution in [2.75, 3.05) is 47.5 Å². The van der Waals surface area contributed by atoms with Crippen molar-refractivity contribution in [2.24, 2.45) is 0 Å². The number of quaternary nitrogens is 1. The number of likely N-dealkylation sites (N-methyl/N-ethyl adjacent to an activating group) is 1. The van der Waals surface area contributed by atoms with E-state index in [9.17, 15) is 19.0 Å². The molecule has 0 aliphatic carbocycles. The molecule has 0 fully saturated rings. The van der Waals surface area contributed by atoms with E-state index in [0.29, 0.717) is 17.4 Å². The molecule has 10 heteroatoms. The summed E-state index contributed by atoms with van der Waals surface area (Å²) in [6.45, 7) is 4.19. The zero-order chi connectivity index (χ0) is 54.2. The maximum atomic E-state index is 12.8. The fourth-order valence-electron chi connectivity index (χ4n) is 7.80. The molecule has 0 bridgehead atoms. The van der Waals surface area contributed by atoms with Gasteiger partial charge in [0, 0.05) is 12.8 Å². The van der Waals surface area contributed by atoms with Gasteiger partial charge in [-0.15, -0.1) is 0 Å². The highest BCUT2D eigenvalue weighted by Crippen LogP contribution is 2.43. The minimum Gasteiger partial charge on any atom is -0.462 e. The number of esters is 2. The molecule has 0 saturated carbocycles. The van der Waals surface area contributed by atoms with E-state index in [0.717, 1.165) is 109 Å². The summed E-state index contributed by atoms with van der Waals surface area (Å²) in [5.74, 6) is -0.812. The molecule has 0 radical (unpaired) electrons. The molecule has 74 heavy (non-hydrogen) atoms. The Kier molecular flexibility index (Phi) is 52.0. The van der Waals surface area contributed by atoms with Gasteiger partial charge in [0.15, 0.2) is 6.10 Å². The lowest BCUT2D eigenvalue weighted by molar-refractivity contribution is -0.870. The van der Waals surface area contributed by atoms with Crippen LogP contribution in [0.2, 0.25) is 0 Å². The molecule has 0 rings (SSSR count). The molecule has 0 amide bonds. The average Bonchev–Trinajstić information content (AvgIpc) is 3.36.